The summed E-state index contributed by atoms with van der Waals surface area (Å²) in [4.78, 5) is 0. The Morgan fingerprint density at radius 1 is 0.389 bits per heavy atom. The summed E-state index contributed by atoms with van der Waals surface area (Å²) in [6.07, 6.45) is 0. The molecule has 10 aromatic rings. The molecule has 0 amide bonds. The molecule has 254 valence electrons. The Morgan fingerprint density at radius 3 is 1.69 bits per heavy atom. The van der Waals surface area contributed by atoms with Crippen molar-refractivity contribution in [2.75, 3.05) is 0 Å². The van der Waals surface area contributed by atoms with Gasteiger partial charge in [-0.3, -0.25) is 0 Å². The third kappa shape index (κ3) is 3.88. The summed E-state index contributed by atoms with van der Waals surface area (Å²) in [5, 5.41) is 9.72. The van der Waals surface area contributed by atoms with Crippen LogP contribution in [0.25, 0.3) is 69.9 Å². The minimum absolute atomic E-state index is 0.784. The van der Waals surface area contributed by atoms with E-state index in [4.69, 9.17) is 0 Å². The Morgan fingerprint density at radius 2 is 0.981 bits per heavy atom. The summed E-state index contributed by atoms with van der Waals surface area (Å²) < 4.78 is 36.5. The number of rotatable bonds is 4. The van der Waals surface area contributed by atoms with Gasteiger partial charge in [0, 0.05) is 79.6 Å². The van der Waals surface area contributed by atoms with Crippen LogP contribution in [0.3, 0.4) is 0 Å². The summed E-state index contributed by atoms with van der Waals surface area (Å²) in [6, 6.07) is 60.5. The Hall–Kier alpha value is -5.76. The van der Waals surface area contributed by atoms with E-state index in [1.54, 1.807) is 0 Å². The van der Waals surface area contributed by atoms with E-state index in [1.165, 1.54) is 30.9 Å². The van der Waals surface area contributed by atoms with Gasteiger partial charge in [-0.15, -0.1) is 11.3 Å². The van der Waals surface area contributed by atoms with Crippen LogP contribution in [0.15, 0.2) is 176 Å². The second kappa shape index (κ2) is 10.9. The van der Waals surface area contributed by atoms with E-state index >= 15 is 9.13 Å². The molecule has 0 bridgehead atoms. The monoisotopic (exact) mass is 745 g/mol. The molecule has 0 aliphatic carbocycles. The van der Waals surface area contributed by atoms with Crippen molar-refractivity contribution >= 4 is 99.4 Å². The molecule has 4 heterocycles. The number of benzene rings is 8. The fraction of sp³-hybridized carbons (Fsp3) is 0. The number of hydrogen-bond donors (Lipinski definition) is 0. The lowest BCUT2D eigenvalue weighted by molar-refractivity contribution is 0.592. The van der Waals surface area contributed by atoms with Gasteiger partial charge in [-0.05, 0) is 59.7 Å². The Kier molecular flexibility index (Phi) is 6.19. The molecule has 2 atom stereocenters. The molecular weight excluding hydrogens is 717 g/mol. The van der Waals surface area contributed by atoms with Gasteiger partial charge in [0.1, 0.15) is 0 Å². The minimum atomic E-state index is -3.27. The molecule has 0 N–H and O–H groups in total. The predicted octanol–water partition coefficient (Wildman–Crippen LogP) is 10.4. The zero-order chi connectivity index (χ0) is 35.8. The SMILES string of the molecule is O=P1(c2ccccc2)c2cccc3c2-c2c1cc(-c1cccc(-n4c5ccccc5c5cc6sc7ccccc7c6cc54)c1)cc2P3(=O)c1ccccc1. The van der Waals surface area contributed by atoms with E-state index < -0.39 is 14.3 Å². The van der Waals surface area contributed by atoms with Crippen molar-refractivity contribution in [3.63, 3.8) is 0 Å². The third-order valence-electron chi connectivity index (χ3n) is 11.6. The van der Waals surface area contributed by atoms with Gasteiger partial charge < -0.3 is 13.7 Å². The second-order valence-corrected chi connectivity index (χ2v) is 20.8. The molecular formula is C48H29NO2P2S. The van der Waals surface area contributed by atoms with Gasteiger partial charge in [-0.2, -0.15) is 0 Å². The van der Waals surface area contributed by atoms with Gasteiger partial charge in [0.05, 0.1) is 11.0 Å². The molecule has 12 rings (SSSR count). The summed E-state index contributed by atoms with van der Waals surface area (Å²) in [5.41, 5.74) is 7.03. The average molecular weight is 746 g/mol. The third-order valence-corrected chi connectivity index (χ3v) is 18.9. The van der Waals surface area contributed by atoms with Crippen LogP contribution in [0.2, 0.25) is 0 Å². The quantitative estimate of drug-likeness (QED) is 0.168. The second-order valence-electron chi connectivity index (χ2n) is 14.3. The normalized spacial score (nSPS) is 18.3. The highest BCUT2D eigenvalue weighted by Crippen LogP contribution is 2.61. The van der Waals surface area contributed by atoms with Crippen molar-refractivity contribution in [2.45, 2.75) is 0 Å². The van der Waals surface area contributed by atoms with Gasteiger partial charge in [-0.25, -0.2) is 0 Å². The van der Waals surface area contributed by atoms with Crippen molar-refractivity contribution in [2.24, 2.45) is 0 Å². The number of thiophene rings is 1. The lowest BCUT2D eigenvalue weighted by Gasteiger charge is -2.23. The first-order valence-corrected chi connectivity index (χ1v) is 22.4. The van der Waals surface area contributed by atoms with Crippen LogP contribution in [0.5, 0.6) is 0 Å². The average Bonchev–Trinajstić information content (AvgIpc) is 3.92. The van der Waals surface area contributed by atoms with Crippen LogP contribution in [0, 0.1) is 0 Å². The molecule has 0 spiro atoms. The summed E-state index contributed by atoms with van der Waals surface area (Å²) in [5.74, 6) is 0. The molecule has 0 saturated carbocycles. The molecule has 2 aliphatic rings. The van der Waals surface area contributed by atoms with Crippen LogP contribution in [-0.2, 0) is 9.13 Å². The summed E-state index contributed by atoms with van der Waals surface area (Å²) >= 11 is 1.84. The molecule has 6 heteroatoms. The molecule has 2 unspecified atom stereocenters. The van der Waals surface area contributed by atoms with Crippen LogP contribution in [-0.4, -0.2) is 4.57 Å². The molecule has 3 nitrogen and oxygen atoms in total. The molecule has 0 fully saturated rings. The van der Waals surface area contributed by atoms with E-state index in [9.17, 15) is 0 Å². The van der Waals surface area contributed by atoms with Crippen LogP contribution < -0.4 is 31.8 Å². The smallest absolute Gasteiger partial charge is 0.172 e. The van der Waals surface area contributed by atoms with Gasteiger partial charge in [0.15, 0.2) is 14.3 Å². The highest BCUT2D eigenvalue weighted by atomic mass is 32.1. The van der Waals surface area contributed by atoms with Gasteiger partial charge >= 0.3 is 0 Å². The Labute approximate surface area is 315 Å². The number of para-hydroxylation sites is 1. The topological polar surface area (TPSA) is 39.1 Å². The van der Waals surface area contributed by atoms with E-state index in [1.807, 2.05) is 90.2 Å². The molecule has 2 aromatic heterocycles. The maximum atomic E-state index is 15.8. The standard InChI is InChI=1S/C48H29NO2P2S/c50-52(33-15-3-1-4-16-33)41-22-12-23-42-47(41)48-43(52)26-31(27-44(48)53(42,51)34-17-5-2-6-18-34)30-13-11-14-32(25-30)49-39-21-9-7-19-35(39)37-29-46-38(28-40(37)49)36-20-8-10-24-45(36)54-46/h1-29H. The van der Waals surface area contributed by atoms with Crippen LogP contribution in [0.4, 0.5) is 0 Å². The van der Waals surface area contributed by atoms with Gasteiger partial charge in [0.25, 0.3) is 0 Å². The highest BCUT2D eigenvalue weighted by molar-refractivity contribution is 7.89. The maximum absolute atomic E-state index is 15.8. The van der Waals surface area contributed by atoms with Gasteiger partial charge in [-0.1, -0.05) is 127 Å². The van der Waals surface area contributed by atoms with Crippen molar-refractivity contribution in [3.05, 3.63) is 176 Å². The van der Waals surface area contributed by atoms with E-state index in [-0.39, 0.29) is 0 Å². The van der Waals surface area contributed by atoms with Crippen molar-refractivity contribution in [1.29, 1.82) is 0 Å². The maximum Gasteiger partial charge on any atom is 0.172 e. The zero-order valence-electron chi connectivity index (χ0n) is 28.8. The van der Waals surface area contributed by atoms with Crippen LogP contribution >= 0.6 is 25.6 Å². The molecule has 0 radical (unpaired) electrons. The van der Waals surface area contributed by atoms with Gasteiger partial charge in [0.2, 0.25) is 0 Å². The first-order chi connectivity index (χ1) is 26.5. The van der Waals surface area contributed by atoms with E-state index in [2.05, 4.69) is 102 Å². The first-order valence-electron chi connectivity index (χ1n) is 18.1. The highest BCUT2D eigenvalue weighted by Gasteiger charge is 2.52. The molecule has 0 saturated heterocycles. The fourth-order valence-corrected chi connectivity index (χ4v) is 16.8. The van der Waals surface area contributed by atoms with Crippen molar-refractivity contribution in [1.82, 2.24) is 4.57 Å². The van der Waals surface area contributed by atoms with Crippen molar-refractivity contribution in [3.8, 4) is 27.9 Å². The zero-order valence-corrected chi connectivity index (χ0v) is 31.4. The number of hydrogen-bond acceptors (Lipinski definition) is 3. The first kappa shape index (κ1) is 30.7. The molecule has 8 aromatic carbocycles. The lowest BCUT2D eigenvalue weighted by atomic mass is 10.00. The number of nitrogens with zero attached hydrogens (tertiary/aromatic N) is 1. The minimum Gasteiger partial charge on any atom is -0.309 e. The largest absolute Gasteiger partial charge is 0.309 e. The summed E-state index contributed by atoms with van der Waals surface area (Å²) in [6.45, 7) is 0. The lowest BCUT2D eigenvalue weighted by Crippen LogP contribution is -2.28. The number of fused-ring (bicyclic) bond motifs is 6. The van der Waals surface area contributed by atoms with E-state index in [0.29, 0.717) is 0 Å². The predicted molar refractivity (Wildman–Crippen MR) is 230 cm³/mol. The van der Waals surface area contributed by atoms with Crippen molar-refractivity contribution < 1.29 is 9.13 Å². The van der Waals surface area contributed by atoms with E-state index in [0.717, 1.165) is 70.8 Å². The number of aromatic nitrogens is 1. The fourth-order valence-electron chi connectivity index (χ4n) is 9.22. The summed E-state index contributed by atoms with van der Waals surface area (Å²) in [7, 11) is -6.54. The molecule has 2 aliphatic heterocycles. The molecule has 54 heavy (non-hydrogen) atoms. The Balaban J connectivity index is 1.13. The van der Waals surface area contributed by atoms with Crippen LogP contribution in [0.1, 0.15) is 0 Å². The Bertz CT molecular complexity index is 3240.